The molecule has 0 spiro atoms. The highest BCUT2D eigenvalue weighted by Crippen LogP contribution is 2.30. The Balaban J connectivity index is 1.87. The van der Waals surface area contributed by atoms with Gasteiger partial charge in [0.25, 0.3) is 10.1 Å². The zero-order valence-electron chi connectivity index (χ0n) is 16.0. The molecule has 5 atom stereocenters. The number of aliphatic hydroxyl groups is 3. The summed E-state index contributed by atoms with van der Waals surface area (Å²) in [6.07, 6.45) is -3.58. The van der Waals surface area contributed by atoms with Crippen molar-refractivity contribution in [2.24, 2.45) is 0 Å². The minimum absolute atomic E-state index is 0.0516. The minimum atomic E-state index is -4.92. The van der Waals surface area contributed by atoms with Crippen LogP contribution in [0.25, 0.3) is 12.2 Å². The first-order chi connectivity index (χ1) is 14.6. The van der Waals surface area contributed by atoms with Crippen LogP contribution in [0.1, 0.15) is 11.1 Å². The van der Waals surface area contributed by atoms with Gasteiger partial charge in [-0.25, -0.2) is 0 Å². The number of aromatic hydroxyl groups is 2. The van der Waals surface area contributed by atoms with Crippen molar-refractivity contribution in [3.8, 4) is 17.2 Å². The summed E-state index contributed by atoms with van der Waals surface area (Å²) in [5.41, 5.74) is 1.22. The van der Waals surface area contributed by atoms with E-state index >= 15 is 0 Å². The largest absolute Gasteiger partial charge is 0.508 e. The molecule has 11 heteroatoms. The first-order valence-corrected chi connectivity index (χ1v) is 10.7. The van der Waals surface area contributed by atoms with E-state index in [1.165, 1.54) is 24.3 Å². The van der Waals surface area contributed by atoms with Crippen molar-refractivity contribution < 1.29 is 48.0 Å². The zero-order valence-corrected chi connectivity index (χ0v) is 16.8. The lowest BCUT2D eigenvalue weighted by Crippen LogP contribution is -2.62. The molecule has 5 unspecified atom stereocenters. The Kier molecular flexibility index (Phi) is 6.84. The smallest absolute Gasteiger partial charge is 0.276 e. The molecular formula is C20H22O10S. The van der Waals surface area contributed by atoms with Crippen molar-refractivity contribution in [2.75, 3.05) is 6.61 Å². The highest BCUT2D eigenvalue weighted by molar-refractivity contribution is 7.86. The van der Waals surface area contributed by atoms with Crippen molar-refractivity contribution >= 4 is 22.3 Å². The van der Waals surface area contributed by atoms with Gasteiger partial charge >= 0.3 is 0 Å². The molecule has 31 heavy (non-hydrogen) atoms. The predicted octanol–water partition coefficient (Wildman–Crippen LogP) is 0.342. The average molecular weight is 454 g/mol. The van der Waals surface area contributed by atoms with Gasteiger partial charge in [-0.3, -0.25) is 4.55 Å². The lowest BCUT2D eigenvalue weighted by molar-refractivity contribution is -0.227. The minimum Gasteiger partial charge on any atom is -0.508 e. The molecule has 1 aliphatic rings. The Hall–Kier alpha value is -2.67. The van der Waals surface area contributed by atoms with E-state index in [0.717, 1.165) is 11.6 Å². The van der Waals surface area contributed by atoms with E-state index < -0.39 is 46.6 Å². The number of rotatable bonds is 6. The Morgan fingerprint density at radius 2 is 1.58 bits per heavy atom. The highest BCUT2D eigenvalue weighted by Gasteiger charge is 2.51. The van der Waals surface area contributed by atoms with Crippen LogP contribution in [-0.4, -0.2) is 75.0 Å². The van der Waals surface area contributed by atoms with E-state index in [-0.39, 0.29) is 17.2 Å². The van der Waals surface area contributed by atoms with Crippen molar-refractivity contribution in [1.82, 2.24) is 0 Å². The van der Waals surface area contributed by atoms with Gasteiger partial charge in [0.15, 0.2) is 5.25 Å². The van der Waals surface area contributed by atoms with Crippen LogP contribution in [0, 0.1) is 0 Å². The number of hydrogen-bond donors (Lipinski definition) is 6. The van der Waals surface area contributed by atoms with E-state index in [0.29, 0.717) is 5.56 Å². The monoisotopic (exact) mass is 454 g/mol. The van der Waals surface area contributed by atoms with Crippen LogP contribution in [0.3, 0.4) is 0 Å². The Labute approximate surface area is 178 Å². The molecule has 168 valence electrons. The molecule has 1 fully saturated rings. The third-order valence-corrected chi connectivity index (χ3v) is 5.88. The molecule has 0 radical (unpaired) electrons. The van der Waals surface area contributed by atoms with Gasteiger partial charge in [-0.1, -0.05) is 24.3 Å². The number of phenols is 2. The summed E-state index contributed by atoms with van der Waals surface area (Å²) in [6.45, 7) is -0.739. The third kappa shape index (κ3) is 5.53. The summed E-state index contributed by atoms with van der Waals surface area (Å²) in [7, 11) is -4.92. The Morgan fingerprint density at radius 3 is 2.19 bits per heavy atom. The van der Waals surface area contributed by atoms with Crippen molar-refractivity contribution in [3.05, 3.63) is 53.6 Å². The van der Waals surface area contributed by atoms with Crippen LogP contribution in [0.2, 0.25) is 0 Å². The maximum atomic E-state index is 11.7. The highest BCUT2D eigenvalue weighted by atomic mass is 32.2. The number of ether oxygens (including phenoxy) is 2. The van der Waals surface area contributed by atoms with Gasteiger partial charge in [0.05, 0.1) is 6.61 Å². The van der Waals surface area contributed by atoms with Crippen LogP contribution in [0.4, 0.5) is 0 Å². The maximum absolute atomic E-state index is 11.7. The summed E-state index contributed by atoms with van der Waals surface area (Å²) >= 11 is 0. The van der Waals surface area contributed by atoms with Crippen molar-refractivity contribution in [1.29, 1.82) is 0 Å². The van der Waals surface area contributed by atoms with Gasteiger partial charge in [-0.2, -0.15) is 8.42 Å². The van der Waals surface area contributed by atoms with Gasteiger partial charge in [0, 0.05) is 6.07 Å². The number of aliphatic hydroxyl groups excluding tert-OH is 3. The Bertz CT molecular complexity index is 1030. The SMILES string of the molecule is O=S(=O)(O)C1C(Oc2cc(O)cc(/C=C/c3ccc(O)cc3)c2)OC(CO)C(O)C1O. The zero-order chi connectivity index (χ0) is 22.8. The lowest BCUT2D eigenvalue weighted by atomic mass is 10.0. The molecule has 0 aromatic heterocycles. The predicted molar refractivity (Wildman–Crippen MR) is 109 cm³/mol. The molecular weight excluding hydrogens is 432 g/mol. The van der Waals surface area contributed by atoms with Gasteiger partial charge in [-0.05, 0) is 35.4 Å². The number of benzene rings is 2. The molecule has 0 saturated carbocycles. The van der Waals surface area contributed by atoms with Crippen molar-refractivity contribution in [3.63, 3.8) is 0 Å². The van der Waals surface area contributed by atoms with Crippen LogP contribution >= 0.6 is 0 Å². The first kappa shape index (κ1) is 23.0. The van der Waals surface area contributed by atoms with E-state index in [2.05, 4.69) is 0 Å². The first-order valence-electron chi connectivity index (χ1n) is 9.15. The molecule has 0 amide bonds. The molecule has 0 bridgehead atoms. The fourth-order valence-corrected chi connectivity index (χ4v) is 4.06. The van der Waals surface area contributed by atoms with Crippen LogP contribution < -0.4 is 4.74 Å². The van der Waals surface area contributed by atoms with Crippen LogP contribution in [-0.2, 0) is 14.9 Å². The quantitative estimate of drug-likeness (QED) is 0.264. The number of phenolic OH excluding ortho intramolecular Hbond substituents is 2. The topological polar surface area (TPSA) is 174 Å². The standard InChI is InChI=1S/C20H22O10S/c21-10-16-17(24)18(25)19(31(26,27)28)20(30-16)29-15-8-12(7-14(23)9-15)2-1-11-3-5-13(22)6-4-11/h1-9,16-25H,10H2,(H,26,27,28)/b2-1+. The molecule has 2 aromatic carbocycles. The normalized spacial score (nSPS) is 26.8. The fraction of sp³-hybridized carbons (Fsp3) is 0.300. The summed E-state index contributed by atoms with van der Waals surface area (Å²) < 4.78 is 43.7. The second-order valence-electron chi connectivity index (χ2n) is 6.99. The van der Waals surface area contributed by atoms with E-state index in [1.54, 1.807) is 24.3 Å². The maximum Gasteiger partial charge on any atom is 0.276 e. The van der Waals surface area contributed by atoms with Crippen molar-refractivity contribution in [2.45, 2.75) is 29.9 Å². The molecule has 3 rings (SSSR count). The molecule has 10 nitrogen and oxygen atoms in total. The molecule has 2 aromatic rings. The summed E-state index contributed by atoms with van der Waals surface area (Å²) in [5.74, 6) is -0.162. The second kappa shape index (κ2) is 9.22. The molecule has 0 aliphatic carbocycles. The molecule has 6 N–H and O–H groups in total. The van der Waals surface area contributed by atoms with Gasteiger partial charge in [0.2, 0.25) is 6.29 Å². The Morgan fingerprint density at radius 1 is 0.935 bits per heavy atom. The number of hydrogen-bond acceptors (Lipinski definition) is 9. The van der Waals surface area contributed by atoms with E-state index in [1.807, 2.05) is 0 Å². The third-order valence-electron chi connectivity index (χ3n) is 4.70. The van der Waals surface area contributed by atoms with Crippen LogP contribution in [0.15, 0.2) is 42.5 Å². The van der Waals surface area contributed by atoms with E-state index in [4.69, 9.17) is 9.47 Å². The molecule has 1 saturated heterocycles. The molecule has 1 heterocycles. The van der Waals surface area contributed by atoms with Gasteiger partial charge in [-0.15, -0.1) is 0 Å². The van der Waals surface area contributed by atoms with Gasteiger partial charge < -0.3 is 35.0 Å². The van der Waals surface area contributed by atoms with Crippen LogP contribution in [0.5, 0.6) is 17.2 Å². The summed E-state index contributed by atoms with van der Waals surface area (Å²) in [5, 5.41) is 46.6. The summed E-state index contributed by atoms with van der Waals surface area (Å²) in [4.78, 5) is 0. The lowest BCUT2D eigenvalue weighted by Gasteiger charge is -2.40. The summed E-state index contributed by atoms with van der Waals surface area (Å²) in [6, 6.07) is 10.3. The second-order valence-corrected chi connectivity index (χ2v) is 8.56. The van der Waals surface area contributed by atoms with E-state index in [9.17, 15) is 38.5 Å². The fourth-order valence-electron chi connectivity index (χ4n) is 3.15. The molecule has 1 aliphatic heterocycles. The van der Waals surface area contributed by atoms with Gasteiger partial charge in [0.1, 0.15) is 35.6 Å². The average Bonchev–Trinajstić information content (AvgIpc) is 2.69.